The number of hydrogen-bond acceptors (Lipinski definition) is 3. The van der Waals surface area contributed by atoms with Crippen LogP contribution in [0, 0.1) is 0 Å². The molecule has 0 saturated carbocycles. The molecule has 86 valence electrons. The van der Waals surface area contributed by atoms with Crippen molar-refractivity contribution in [2.24, 2.45) is 0 Å². The molecule has 5 heteroatoms. The second-order valence-electron chi connectivity index (χ2n) is 3.94. The van der Waals surface area contributed by atoms with Gasteiger partial charge in [-0.1, -0.05) is 6.08 Å². The lowest BCUT2D eigenvalue weighted by Crippen LogP contribution is -2.58. The van der Waals surface area contributed by atoms with Gasteiger partial charge in [-0.2, -0.15) is 0 Å². The molecule has 1 aliphatic rings. The minimum absolute atomic E-state index is 0.0165. The second kappa shape index (κ2) is 5.25. The number of aliphatic hydroxyl groups is 1. The molecule has 0 aromatic heterocycles. The lowest BCUT2D eigenvalue weighted by molar-refractivity contribution is -0.933. The topological polar surface area (TPSA) is 69.6 Å². The molecule has 0 radical (unpaired) electrons. The Kier molecular flexibility index (Phi) is 4.26. The van der Waals surface area contributed by atoms with Gasteiger partial charge >= 0.3 is 5.97 Å². The summed E-state index contributed by atoms with van der Waals surface area (Å²) in [7, 11) is 0. The van der Waals surface area contributed by atoms with Crippen molar-refractivity contribution in [1.29, 1.82) is 0 Å². The van der Waals surface area contributed by atoms with E-state index in [-0.39, 0.29) is 19.3 Å². The third kappa shape index (κ3) is 2.77. The van der Waals surface area contributed by atoms with Gasteiger partial charge in [-0.05, 0) is 0 Å². The molecule has 1 fully saturated rings. The van der Waals surface area contributed by atoms with E-state index < -0.39 is 5.97 Å². The van der Waals surface area contributed by atoms with Crippen molar-refractivity contribution in [2.75, 3.05) is 32.8 Å². The highest BCUT2D eigenvalue weighted by molar-refractivity contribution is 5.68. The number of aliphatic carboxylic acids is 1. The summed E-state index contributed by atoms with van der Waals surface area (Å²) in [6, 6.07) is 0. The van der Waals surface area contributed by atoms with Gasteiger partial charge in [0, 0.05) is 6.42 Å². The van der Waals surface area contributed by atoms with Crippen molar-refractivity contribution in [3.05, 3.63) is 12.7 Å². The van der Waals surface area contributed by atoms with Crippen LogP contribution >= 0.6 is 0 Å². The summed E-state index contributed by atoms with van der Waals surface area (Å²) in [4.78, 5) is 10.8. The Morgan fingerprint density at radius 2 is 2.40 bits per heavy atom. The van der Waals surface area contributed by atoms with Crippen LogP contribution in [-0.4, -0.2) is 59.6 Å². The second-order valence-corrected chi connectivity index (χ2v) is 3.94. The predicted molar refractivity (Wildman–Crippen MR) is 56.2 cm³/mol. The van der Waals surface area contributed by atoms with E-state index in [0.717, 1.165) is 19.5 Å². The van der Waals surface area contributed by atoms with Crippen LogP contribution in [0.25, 0.3) is 0 Å². The summed E-state index contributed by atoms with van der Waals surface area (Å²) in [5.41, 5.74) is 0. The van der Waals surface area contributed by atoms with E-state index in [9.17, 15) is 4.79 Å². The van der Waals surface area contributed by atoms with E-state index in [2.05, 4.69) is 11.9 Å². The van der Waals surface area contributed by atoms with Gasteiger partial charge in [-0.25, -0.2) is 4.79 Å². The standard InChI is InChI=1S/C10H18N2O3/c1-2-3-9-11-4-5-12(9,6-7-13)8-10(14)15/h2,9,11,13H,1,3-8H2/p+1. The molecule has 3 N–H and O–H groups in total. The molecular weight excluding hydrogens is 196 g/mol. The molecule has 1 saturated heterocycles. The maximum Gasteiger partial charge on any atom is 0.359 e. The molecule has 1 aliphatic heterocycles. The maximum absolute atomic E-state index is 10.8. The zero-order chi connectivity index (χ0) is 11.3. The quantitative estimate of drug-likeness (QED) is 0.408. The van der Waals surface area contributed by atoms with Gasteiger partial charge in [0.05, 0.1) is 19.7 Å². The maximum atomic E-state index is 10.8. The Morgan fingerprint density at radius 3 is 2.93 bits per heavy atom. The Morgan fingerprint density at radius 1 is 1.67 bits per heavy atom. The Hall–Kier alpha value is -0.910. The largest absolute Gasteiger partial charge is 0.477 e. The van der Waals surface area contributed by atoms with Gasteiger partial charge in [0.1, 0.15) is 12.7 Å². The van der Waals surface area contributed by atoms with Crippen molar-refractivity contribution in [1.82, 2.24) is 5.32 Å². The van der Waals surface area contributed by atoms with E-state index >= 15 is 0 Å². The molecule has 1 rings (SSSR count). The fourth-order valence-electron chi connectivity index (χ4n) is 2.27. The summed E-state index contributed by atoms with van der Waals surface area (Å²) in [6.07, 6.45) is 2.59. The molecule has 2 atom stereocenters. The van der Waals surface area contributed by atoms with Gasteiger partial charge in [0.15, 0.2) is 6.54 Å². The van der Waals surface area contributed by atoms with E-state index in [4.69, 9.17) is 10.2 Å². The average molecular weight is 215 g/mol. The fourth-order valence-corrected chi connectivity index (χ4v) is 2.27. The molecule has 5 nitrogen and oxygen atoms in total. The van der Waals surface area contributed by atoms with Crippen molar-refractivity contribution >= 4 is 5.97 Å². The zero-order valence-corrected chi connectivity index (χ0v) is 8.85. The van der Waals surface area contributed by atoms with E-state index in [1.807, 2.05) is 0 Å². The monoisotopic (exact) mass is 215 g/mol. The summed E-state index contributed by atoms with van der Waals surface area (Å²) < 4.78 is 0.415. The number of nitrogens with one attached hydrogen (secondary N) is 1. The predicted octanol–water partition coefficient (Wildman–Crippen LogP) is -0.614. The number of carboxylic acid groups (broad SMARTS) is 1. The Bertz CT molecular complexity index is 245. The molecule has 1 heterocycles. The number of aliphatic hydroxyl groups excluding tert-OH is 1. The van der Waals surface area contributed by atoms with Crippen LogP contribution in [-0.2, 0) is 4.79 Å². The van der Waals surface area contributed by atoms with Crippen LogP contribution in [0.1, 0.15) is 6.42 Å². The first-order chi connectivity index (χ1) is 7.14. The zero-order valence-electron chi connectivity index (χ0n) is 8.85. The van der Waals surface area contributed by atoms with Crippen LogP contribution in [0.15, 0.2) is 12.7 Å². The van der Waals surface area contributed by atoms with Crippen molar-refractivity contribution in [3.63, 3.8) is 0 Å². The number of quaternary nitrogens is 1. The van der Waals surface area contributed by atoms with Gasteiger partial charge in [-0.15, -0.1) is 6.58 Å². The molecule has 0 aliphatic carbocycles. The highest BCUT2D eigenvalue weighted by atomic mass is 16.4. The van der Waals surface area contributed by atoms with E-state index in [1.165, 1.54) is 0 Å². The van der Waals surface area contributed by atoms with E-state index in [1.54, 1.807) is 6.08 Å². The SMILES string of the molecule is C=CCC1NCC[N+]1(CCO)CC(=O)O. The normalized spacial score (nSPS) is 30.3. The van der Waals surface area contributed by atoms with Gasteiger partial charge < -0.3 is 10.2 Å². The molecule has 0 aromatic carbocycles. The number of carbonyl (C=O) groups is 1. The molecular formula is C10H19N2O3+. The number of carboxylic acids is 1. The lowest BCUT2D eigenvalue weighted by Gasteiger charge is -2.37. The molecule has 0 spiro atoms. The van der Waals surface area contributed by atoms with Crippen molar-refractivity contribution in [2.45, 2.75) is 12.6 Å². The van der Waals surface area contributed by atoms with Crippen LogP contribution in [0.2, 0.25) is 0 Å². The smallest absolute Gasteiger partial charge is 0.359 e. The first kappa shape index (κ1) is 12.2. The van der Waals surface area contributed by atoms with Crippen LogP contribution in [0.4, 0.5) is 0 Å². The highest BCUT2D eigenvalue weighted by Gasteiger charge is 2.41. The number of hydrogen-bond donors (Lipinski definition) is 3. The van der Waals surface area contributed by atoms with Crippen molar-refractivity contribution in [3.8, 4) is 0 Å². The van der Waals surface area contributed by atoms with Crippen LogP contribution < -0.4 is 5.32 Å². The average Bonchev–Trinajstić information content (AvgIpc) is 2.49. The Balaban J connectivity index is 2.76. The minimum Gasteiger partial charge on any atom is -0.477 e. The van der Waals surface area contributed by atoms with Gasteiger partial charge in [0.25, 0.3) is 0 Å². The van der Waals surface area contributed by atoms with E-state index in [0.29, 0.717) is 11.0 Å². The summed E-state index contributed by atoms with van der Waals surface area (Å²) in [5, 5.41) is 21.2. The molecule has 0 amide bonds. The first-order valence-electron chi connectivity index (χ1n) is 5.17. The molecule has 2 unspecified atom stereocenters. The Labute approximate surface area is 89.6 Å². The highest BCUT2D eigenvalue weighted by Crippen LogP contribution is 2.19. The van der Waals surface area contributed by atoms with Gasteiger partial charge in [-0.3, -0.25) is 9.80 Å². The lowest BCUT2D eigenvalue weighted by atomic mass is 10.2. The molecule has 0 bridgehead atoms. The summed E-state index contributed by atoms with van der Waals surface area (Å²) in [6.45, 7) is 5.78. The summed E-state index contributed by atoms with van der Waals surface area (Å²) >= 11 is 0. The van der Waals surface area contributed by atoms with Crippen molar-refractivity contribution < 1.29 is 19.5 Å². The first-order valence-corrected chi connectivity index (χ1v) is 5.17. The van der Waals surface area contributed by atoms with Gasteiger partial charge in [0.2, 0.25) is 0 Å². The molecule has 0 aromatic rings. The molecule has 15 heavy (non-hydrogen) atoms. The minimum atomic E-state index is -0.818. The number of nitrogens with zero attached hydrogens (tertiary/aromatic N) is 1. The van der Waals surface area contributed by atoms with Crippen LogP contribution in [0.3, 0.4) is 0 Å². The summed E-state index contributed by atoms with van der Waals surface area (Å²) in [5.74, 6) is -0.818. The fraction of sp³-hybridized carbons (Fsp3) is 0.700. The number of rotatable bonds is 6. The third-order valence-electron chi connectivity index (χ3n) is 2.98. The third-order valence-corrected chi connectivity index (χ3v) is 2.98. The van der Waals surface area contributed by atoms with Crippen LogP contribution in [0.5, 0.6) is 0 Å².